The number of hydrogen-bond acceptors (Lipinski definition) is 7. The molecule has 184 valence electrons. The average molecular weight is 494 g/mol. The highest BCUT2D eigenvalue weighted by Crippen LogP contribution is 2.45. The topological polar surface area (TPSA) is 82.3 Å². The molecule has 7 nitrogen and oxygen atoms in total. The van der Waals surface area contributed by atoms with Crippen LogP contribution in [0.25, 0.3) is 0 Å². The summed E-state index contributed by atoms with van der Waals surface area (Å²) in [7, 11) is 0. The van der Waals surface area contributed by atoms with E-state index in [0.29, 0.717) is 22.5 Å². The Hall–Kier alpha value is -2.85. The molecule has 0 unspecified atom stereocenters. The van der Waals surface area contributed by atoms with Crippen LogP contribution in [0.3, 0.4) is 0 Å². The van der Waals surface area contributed by atoms with E-state index in [4.69, 9.17) is 16.3 Å². The van der Waals surface area contributed by atoms with Gasteiger partial charge in [-0.05, 0) is 81.5 Å². The van der Waals surface area contributed by atoms with Crippen molar-refractivity contribution in [1.82, 2.24) is 10.2 Å². The van der Waals surface area contributed by atoms with Crippen LogP contribution in [0, 0.1) is 22.7 Å². The third-order valence-electron chi connectivity index (χ3n) is 8.14. The van der Waals surface area contributed by atoms with Crippen molar-refractivity contribution < 1.29 is 9.53 Å². The molecule has 5 rings (SSSR count). The lowest BCUT2D eigenvalue weighted by Gasteiger charge is -2.39. The molecule has 1 saturated carbocycles. The quantitative estimate of drug-likeness (QED) is 0.540. The first-order valence-corrected chi connectivity index (χ1v) is 13.0. The van der Waals surface area contributed by atoms with Gasteiger partial charge in [-0.2, -0.15) is 5.26 Å². The van der Waals surface area contributed by atoms with Crippen LogP contribution in [0.4, 0.5) is 11.5 Å². The summed E-state index contributed by atoms with van der Waals surface area (Å²) in [6.45, 7) is 5.20. The maximum absolute atomic E-state index is 10.9. The van der Waals surface area contributed by atoms with Gasteiger partial charge in [0.2, 0.25) is 5.88 Å². The first-order valence-electron chi connectivity index (χ1n) is 12.7. The molecule has 0 radical (unpaired) electrons. The molecular weight excluding hydrogens is 462 g/mol. The molecule has 2 saturated heterocycles. The van der Waals surface area contributed by atoms with Crippen molar-refractivity contribution in [3.63, 3.8) is 0 Å². The van der Waals surface area contributed by atoms with Gasteiger partial charge >= 0.3 is 0 Å². The summed E-state index contributed by atoms with van der Waals surface area (Å²) in [4.78, 5) is 15.7. The second-order valence-corrected chi connectivity index (χ2v) is 10.9. The predicted molar refractivity (Wildman–Crippen MR) is 136 cm³/mol. The van der Waals surface area contributed by atoms with Gasteiger partial charge in [-0.1, -0.05) is 11.6 Å². The van der Waals surface area contributed by atoms with Gasteiger partial charge in [-0.3, -0.25) is 0 Å². The number of aldehydes is 1. The summed E-state index contributed by atoms with van der Waals surface area (Å²) in [6.07, 6.45) is 8.14. The lowest BCUT2D eigenvalue weighted by molar-refractivity contribution is -0.112. The molecule has 0 bridgehead atoms. The van der Waals surface area contributed by atoms with Crippen LogP contribution in [0.2, 0.25) is 5.02 Å². The summed E-state index contributed by atoms with van der Waals surface area (Å²) in [5.74, 6) is 1.65. The zero-order valence-electron chi connectivity index (χ0n) is 20.2. The number of aromatic nitrogens is 2. The van der Waals surface area contributed by atoms with Crippen molar-refractivity contribution in [1.29, 1.82) is 5.26 Å². The Labute approximate surface area is 212 Å². The summed E-state index contributed by atoms with van der Waals surface area (Å²) in [5.41, 5.74) is 1.91. The van der Waals surface area contributed by atoms with Crippen LogP contribution in [0.15, 0.2) is 30.3 Å². The second-order valence-electron chi connectivity index (χ2n) is 10.5. The highest BCUT2D eigenvalue weighted by molar-refractivity contribution is 6.32. The maximum atomic E-state index is 10.9. The van der Waals surface area contributed by atoms with Crippen molar-refractivity contribution in [3.8, 4) is 11.9 Å². The number of carbonyl (C=O) groups is 1. The van der Waals surface area contributed by atoms with Gasteiger partial charge in [-0.15, -0.1) is 10.2 Å². The molecule has 0 N–H and O–H groups in total. The molecule has 3 fully saturated rings. The molecular formula is C27H32ClN5O2. The number of nitrogens with zero attached hydrogens (tertiary/aromatic N) is 5. The summed E-state index contributed by atoms with van der Waals surface area (Å²) in [6, 6.07) is 12.3. The van der Waals surface area contributed by atoms with E-state index in [-0.39, 0.29) is 17.4 Å². The Bertz CT molecular complexity index is 1090. The van der Waals surface area contributed by atoms with Gasteiger partial charge in [0.05, 0.1) is 10.6 Å². The molecule has 3 aliphatic rings. The zero-order chi connectivity index (χ0) is 24.4. The van der Waals surface area contributed by atoms with Crippen molar-refractivity contribution >= 4 is 29.4 Å². The number of hydrogen-bond donors (Lipinski definition) is 0. The molecule has 0 amide bonds. The van der Waals surface area contributed by atoms with Crippen LogP contribution in [-0.2, 0) is 4.79 Å². The third-order valence-corrected chi connectivity index (χ3v) is 8.46. The third kappa shape index (κ3) is 5.08. The molecule has 1 aliphatic carbocycles. The minimum absolute atomic E-state index is 0.125. The number of piperidine rings is 1. The number of ether oxygens (including phenoxy) is 1. The molecule has 35 heavy (non-hydrogen) atoms. The fraction of sp³-hybridized carbons (Fsp3) is 0.556. The van der Waals surface area contributed by atoms with Crippen molar-refractivity contribution in [2.45, 2.75) is 64.0 Å². The molecule has 1 aromatic heterocycles. The second kappa shape index (κ2) is 10.0. The van der Waals surface area contributed by atoms with E-state index in [1.165, 1.54) is 0 Å². The minimum Gasteiger partial charge on any atom is -0.473 e. The molecule has 1 aromatic carbocycles. The van der Waals surface area contributed by atoms with Crippen LogP contribution in [0.5, 0.6) is 5.88 Å². The first kappa shape index (κ1) is 23.9. The van der Waals surface area contributed by atoms with E-state index in [9.17, 15) is 10.1 Å². The fourth-order valence-corrected chi connectivity index (χ4v) is 6.28. The van der Waals surface area contributed by atoms with E-state index < -0.39 is 0 Å². The van der Waals surface area contributed by atoms with Crippen LogP contribution < -0.4 is 14.5 Å². The van der Waals surface area contributed by atoms with E-state index in [0.717, 1.165) is 82.4 Å². The largest absolute Gasteiger partial charge is 0.473 e. The number of benzene rings is 1. The Kier molecular flexibility index (Phi) is 6.84. The SMILES string of the molecule is C[C@H]1CC2(CCN(c3ccc(OC4CCC(C=O)CC4)nn3)CC2)CN1c1ccc(C#N)c(Cl)c1. The predicted octanol–water partition coefficient (Wildman–Crippen LogP) is 5.02. The summed E-state index contributed by atoms with van der Waals surface area (Å²) >= 11 is 6.31. The van der Waals surface area contributed by atoms with E-state index in [1.807, 2.05) is 30.3 Å². The lowest BCUT2D eigenvalue weighted by Crippen LogP contribution is -2.42. The van der Waals surface area contributed by atoms with Crippen LogP contribution in [0.1, 0.15) is 57.4 Å². The first-order chi connectivity index (χ1) is 17.0. The summed E-state index contributed by atoms with van der Waals surface area (Å²) < 4.78 is 6.01. The van der Waals surface area contributed by atoms with E-state index in [1.54, 1.807) is 0 Å². The number of halogens is 1. The number of nitriles is 1. The highest BCUT2D eigenvalue weighted by Gasteiger charge is 2.44. The van der Waals surface area contributed by atoms with Gasteiger partial charge in [0.25, 0.3) is 0 Å². The Balaban J connectivity index is 1.16. The zero-order valence-corrected chi connectivity index (χ0v) is 21.0. The molecule has 1 spiro atoms. The smallest absolute Gasteiger partial charge is 0.233 e. The summed E-state index contributed by atoms with van der Waals surface area (Å²) in [5, 5.41) is 18.5. The van der Waals surface area contributed by atoms with Crippen LogP contribution in [-0.4, -0.2) is 48.3 Å². The van der Waals surface area contributed by atoms with Gasteiger partial charge in [0.1, 0.15) is 18.5 Å². The molecule has 2 aliphatic heterocycles. The number of anilines is 2. The standard InChI is InChI=1S/C27H32ClN5O2/c1-19-15-27(18-33(19)22-5-4-21(16-29)24(28)14-22)10-12-32(13-11-27)25-8-9-26(31-30-25)35-23-6-2-20(17-34)3-7-23/h4-5,8-9,14,17,19-20,23H,2-3,6-7,10-13,15,18H2,1H3/t19-,20?,23?/m0/s1. The monoisotopic (exact) mass is 493 g/mol. The fourth-order valence-electron chi connectivity index (χ4n) is 6.07. The Morgan fingerprint density at radius 3 is 2.54 bits per heavy atom. The van der Waals surface area contributed by atoms with Crippen LogP contribution >= 0.6 is 11.6 Å². The Morgan fingerprint density at radius 1 is 1.14 bits per heavy atom. The number of rotatable bonds is 5. The van der Waals surface area contributed by atoms with Crippen molar-refractivity contribution in [2.24, 2.45) is 11.3 Å². The molecule has 2 aromatic rings. The Morgan fingerprint density at radius 2 is 1.91 bits per heavy atom. The molecule has 3 heterocycles. The number of carbonyl (C=O) groups excluding carboxylic acids is 1. The average Bonchev–Trinajstić information content (AvgIpc) is 3.20. The normalized spacial score (nSPS) is 25.9. The van der Waals surface area contributed by atoms with Crippen molar-refractivity contribution in [2.75, 3.05) is 29.4 Å². The minimum atomic E-state index is 0.125. The van der Waals surface area contributed by atoms with Crippen molar-refractivity contribution in [3.05, 3.63) is 40.9 Å². The highest BCUT2D eigenvalue weighted by atomic mass is 35.5. The van der Waals surface area contributed by atoms with Gasteiger partial charge in [-0.25, -0.2) is 0 Å². The van der Waals surface area contributed by atoms with E-state index >= 15 is 0 Å². The molecule has 1 atom stereocenters. The maximum Gasteiger partial charge on any atom is 0.233 e. The van der Waals surface area contributed by atoms with E-state index in [2.05, 4.69) is 33.0 Å². The van der Waals surface area contributed by atoms with Gasteiger partial charge < -0.3 is 19.3 Å². The molecule has 8 heteroatoms. The lowest BCUT2D eigenvalue weighted by atomic mass is 9.77. The van der Waals surface area contributed by atoms with Gasteiger partial charge in [0.15, 0.2) is 5.82 Å². The van der Waals surface area contributed by atoms with Gasteiger partial charge in [0, 0.05) is 43.3 Å².